The molecule has 8 heteroatoms. The lowest BCUT2D eigenvalue weighted by molar-refractivity contribution is 0.0913. The van der Waals surface area contributed by atoms with Crippen LogP contribution in [0.25, 0.3) is 16.3 Å². The summed E-state index contributed by atoms with van der Waals surface area (Å²) in [7, 11) is 0. The van der Waals surface area contributed by atoms with Gasteiger partial charge in [0.2, 0.25) is 0 Å². The van der Waals surface area contributed by atoms with Crippen LogP contribution in [0.5, 0.6) is 0 Å². The molecule has 1 aliphatic carbocycles. The second kappa shape index (κ2) is 9.53. The smallest absolute Gasteiger partial charge is 0.272 e. The molecule has 1 fully saturated rings. The van der Waals surface area contributed by atoms with E-state index in [1.165, 1.54) is 30.6 Å². The highest BCUT2D eigenvalue weighted by atomic mass is 35.5. The van der Waals surface area contributed by atoms with Crippen LogP contribution in [0.2, 0.25) is 14.4 Å². The van der Waals surface area contributed by atoms with Crippen LogP contribution in [0.3, 0.4) is 0 Å². The first-order valence-corrected chi connectivity index (χ1v) is 12.4. The highest BCUT2D eigenvalue weighted by Crippen LogP contribution is 2.37. The topological polar surface area (TPSA) is 46.9 Å². The van der Waals surface area contributed by atoms with Crippen molar-refractivity contribution in [3.63, 3.8) is 0 Å². The molecule has 164 valence electrons. The summed E-state index contributed by atoms with van der Waals surface area (Å²) < 4.78 is 2.39. The van der Waals surface area contributed by atoms with E-state index in [4.69, 9.17) is 39.9 Å². The molecule has 4 rings (SSSR count). The molecule has 1 amide bonds. The van der Waals surface area contributed by atoms with Gasteiger partial charge in [-0.05, 0) is 62.9 Å². The van der Waals surface area contributed by atoms with E-state index in [0.29, 0.717) is 31.7 Å². The van der Waals surface area contributed by atoms with Gasteiger partial charge in [0.25, 0.3) is 5.91 Å². The van der Waals surface area contributed by atoms with Crippen molar-refractivity contribution in [3.05, 3.63) is 56.0 Å². The molecule has 2 heterocycles. The Morgan fingerprint density at radius 3 is 2.55 bits per heavy atom. The van der Waals surface area contributed by atoms with Gasteiger partial charge in [-0.15, -0.1) is 11.3 Å². The van der Waals surface area contributed by atoms with Gasteiger partial charge in [-0.3, -0.25) is 4.79 Å². The third-order valence-electron chi connectivity index (χ3n) is 6.00. The molecule has 0 radical (unpaired) electrons. The quantitative estimate of drug-likeness (QED) is 0.396. The summed E-state index contributed by atoms with van der Waals surface area (Å²) in [6.07, 6.45) is 6.07. The summed E-state index contributed by atoms with van der Waals surface area (Å²) >= 11 is 20.2. The fraction of sp³-hybridized carbons (Fsp3) is 0.391. The molecule has 2 aromatic heterocycles. The third kappa shape index (κ3) is 4.80. The van der Waals surface area contributed by atoms with E-state index in [-0.39, 0.29) is 11.9 Å². The van der Waals surface area contributed by atoms with Gasteiger partial charge in [0.1, 0.15) is 0 Å². The summed E-state index contributed by atoms with van der Waals surface area (Å²) in [6.45, 7) is 4.01. The lowest BCUT2D eigenvalue weighted by atomic mass is 9.84. The number of rotatable bonds is 5. The van der Waals surface area contributed by atoms with Crippen molar-refractivity contribution < 1.29 is 4.79 Å². The maximum Gasteiger partial charge on any atom is 0.272 e. The number of hydrogen-bond acceptors (Lipinski definition) is 3. The summed E-state index contributed by atoms with van der Waals surface area (Å²) in [5.41, 5.74) is 2.65. The number of aromatic nitrogens is 2. The predicted molar refractivity (Wildman–Crippen MR) is 130 cm³/mol. The minimum absolute atomic E-state index is 0.108. The van der Waals surface area contributed by atoms with E-state index in [0.717, 1.165) is 29.0 Å². The van der Waals surface area contributed by atoms with Crippen LogP contribution in [0.4, 0.5) is 0 Å². The number of benzene rings is 1. The van der Waals surface area contributed by atoms with E-state index < -0.39 is 0 Å². The van der Waals surface area contributed by atoms with Crippen LogP contribution in [0, 0.1) is 12.8 Å². The van der Waals surface area contributed by atoms with E-state index in [2.05, 4.69) is 12.2 Å². The Kier molecular flexibility index (Phi) is 6.97. The van der Waals surface area contributed by atoms with Gasteiger partial charge in [-0.2, -0.15) is 5.10 Å². The number of thiophene rings is 1. The maximum atomic E-state index is 13.2. The number of nitrogens with zero attached hydrogens (tertiary/aromatic N) is 2. The molecule has 0 aliphatic heterocycles. The van der Waals surface area contributed by atoms with Crippen molar-refractivity contribution in [1.82, 2.24) is 15.1 Å². The van der Waals surface area contributed by atoms with Gasteiger partial charge in [0.05, 0.1) is 25.6 Å². The standard InChI is InChI=1S/C23H24Cl3N3OS/c1-13-21(23(30)27-14(2)15-6-4-3-5-7-15)28-29(18-9-8-16(24)12-17(18)25)22(13)19-10-11-20(26)31-19/h8-12,14-15H,3-7H2,1-2H3,(H,27,30)/t14-/m1/s1. The van der Waals surface area contributed by atoms with Crippen molar-refractivity contribution in [1.29, 1.82) is 0 Å². The Hall–Kier alpha value is -1.53. The number of amides is 1. The zero-order valence-electron chi connectivity index (χ0n) is 17.4. The highest BCUT2D eigenvalue weighted by Gasteiger charge is 2.27. The number of nitrogens with one attached hydrogen (secondary N) is 1. The first-order valence-electron chi connectivity index (χ1n) is 10.5. The van der Waals surface area contributed by atoms with Crippen molar-refractivity contribution in [2.24, 2.45) is 5.92 Å². The summed E-state index contributed by atoms with van der Waals surface area (Å²) in [6, 6.07) is 9.12. The van der Waals surface area contributed by atoms with Crippen molar-refractivity contribution in [2.75, 3.05) is 0 Å². The molecular formula is C23H24Cl3N3OS. The number of carbonyl (C=O) groups is 1. The van der Waals surface area contributed by atoms with Crippen LogP contribution in [-0.4, -0.2) is 21.7 Å². The molecule has 1 aromatic carbocycles. The number of halogens is 3. The molecule has 4 nitrogen and oxygen atoms in total. The first-order chi connectivity index (χ1) is 14.8. The van der Waals surface area contributed by atoms with E-state index in [9.17, 15) is 4.79 Å². The van der Waals surface area contributed by atoms with Gasteiger partial charge < -0.3 is 5.32 Å². The van der Waals surface area contributed by atoms with Gasteiger partial charge >= 0.3 is 0 Å². The monoisotopic (exact) mass is 495 g/mol. The second-order valence-corrected chi connectivity index (χ2v) is 10.7. The minimum Gasteiger partial charge on any atom is -0.348 e. The van der Waals surface area contributed by atoms with Crippen LogP contribution in [0.15, 0.2) is 30.3 Å². The molecule has 31 heavy (non-hydrogen) atoms. The van der Waals surface area contributed by atoms with E-state index in [1.54, 1.807) is 16.8 Å². The predicted octanol–water partition coefficient (Wildman–Crippen LogP) is 7.57. The molecule has 1 N–H and O–H groups in total. The fourth-order valence-electron chi connectivity index (χ4n) is 4.30. The molecule has 0 unspecified atom stereocenters. The lowest BCUT2D eigenvalue weighted by Gasteiger charge is -2.28. The van der Waals surface area contributed by atoms with E-state index in [1.807, 2.05) is 25.1 Å². The Bertz CT molecular complexity index is 1100. The van der Waals surface area contributed by atoms with Gasteiger partial charge in [-0.1, -0.05) is 54.1 Å². The molecular weight excluding hydrogens is 473 g/mol. The minimum atomic E-state index is -0.164. The zero-order chi connectivity index (χ0) is 22.1. The lowest BCUT2D eigenvalue weighted by Crippen LogP contribution is -2.39. The average molecular weight is 497 g/mol. The Morgan fingerprint density at radius 1 is 1.16 bits per heavy atom. The molecule has 1 aliphatic rings. The molecule has 0 spiro atoms. The summed E-state index contributed by atoms with van der Waals surface area (Å²) in [4.78, 5) is 14.1. The number of carbonyl (C=O) groups excluding carboxylic acids is 1. The Labute approximate surface area is 201 Å². The summed E-state index contributed by atoms with van der Waals surface area (Å²) in [5.74, 6) is 0.352. The van der Waals surface area contributed by atoms with Crippen LogP contribution < -0.4 is 5.32 Å². The van der Waals surface area contributed by atoms with Crippen LogP contribution in [-0.2, 0) is 0 Å². The largest absolute Gasteiger partial charge is 0.348 e. The van der Waals surface area contributed by atoms with Crippen LogP contribution in [0.1, 0.15) is 55.1 Å². The zero-order valence-corrected chi connectivity index (χ0v) is 20.5. The van der Waals surface area contributed by atoms with Crippen molar-refractivity contribution in [3.8, 4) is 16.3 Å². The first kappa shape index (κ1) is 22.7. The fourth-order valence-corrected chi connectivity index (χ4v) is 5.92. The van der Waals surface area contributed by atoms with Crippen molar-refractivity contribution in [2.45, 2.75) is 52.0 Å². The Balaban J connectivity index is 1.73. The van der Waals surface area contributed by atoms with Crippen molar-refractivity contribution >= 4 is 52.0 Å². The third-order valence-corrected chi connectivity index (χ3v) is 7.77. The second-order valence-electron chi connectivity index (χ2n) is 8.09. The molecule has 1 saturated carbocycles. The summed E-state index contributed by atoms with van der Waals surface area (Å²) in [5, 5.41) is 8.88. The van der Waals surface area contributed by atoms with Gasteiger partial charge in [0, 0.05) is 16.6 Å². The van der Waals surface area contributed by atoms with Gasteiger partial charge in [0.15, 0.2) is 5.69 Å². The highest BCUT2D eigenvalue weighted by molar-refractivity contribution is 7.19. The van der Waals surface area contributed by atoms with Crippen LogP contribution >= 0.6 is 46.1 Å². The number of hydrogen-bond donors (Lipinski definition) is 1. The average Bonchev–Trinajstić information content (AvgIpc) is 3.31. The molecule has 3 aromatic rings. The van der Waals surface area contributed by atoms with E-state index >= 15 is 0 Å². The van der Waals surface area contributed by atoms with Gasteiger partial charge in [-0.25, -0.2) is 4.68 Å². The molecule has 0 saturated heterocycles. The maximum absolute atomic E-state index is 13.2. The molecule has 1 atom stereocenters. The Morgan fingerprint density at radius 2 is 1.90 bits per heavy atom. The SMILES string of the molecule is Cc1c(C(=O)N[C@H](C)C2CCCCC2)nn(-c2ccc(Cl)cc2Cl)c1-c1ccc(Cl)s1. The molecule has 0 bridgehead atoms. The normalized spacial score (nSPS) is 15.8.